The molecule has 19 heavy (non-hydrogen) atoms. The Morgan fingerprint density at radius 1 is 1.11 bits per heavy atom. The van der Waals surface area contributed by atoms with E-state index in [4.69, 9.17) is 0 Å². The molecule has 2 heteroatoms. The van der Waals surface area contributed by atoms with Crippen LogP contribution in [0.2, 0.25) is 0 Å². The lowest BCUT2D eigenvalue weighted by molar-refractivity contribution is -0.0937. The molecule has 0 aromatic heterocycles. The number of hydrogen-bond acceptors (Lipinski definition) is 2. The van der Waals surface area contributed by atoms with Crippen LogP contribution in [0, 0.1) is 29.1 Å². The lowest BCUT2D eigenvalue weighted by Gasteiger charge is -2.60. The standard InChI is InChI=1S/C17H29NO/c1-12(18-3-2-13(10-18)11-19)17-7-14-4-15(8-17)6-16(5-14)9-17/h12-16,19H,2-11H2,1H3. The van der Waals surface area contributed by atoms with Gasteiger partial charge in [-0.1, -0.05) is 0 Å². The van der Waals surface area contributed by atoms with Crippen LogP contribution in [0.15, 0.2) is 0 Å². The molecule has 4 saturated carbocycles. The Morgan fingerprint density at radius 3 is 2.16 bits per heavy atom. The van der Waals surface area contributed by atoms with E-state index in [-0.39, 0.29) is 0 Å². The van der Waals surface area contributed by atoms with Gasteiger partial charge in [-0.2, -0.15) is 0 Å². The van der Waals surface area contributed by atoms with Crippen LogP contribution in [-0.2, 0) is 0 Å². The molecular weight excluding hydrogens is 234 g/mol. The third kappa shape index (κ3) is 1.98. The third-order valence-corrected chi connectivity index (χ3v) is 7.10. The highest BCUT2D eigenvalue weighted by molar-refractivity contribution is 5.06. The smallest absolute Gasteiger partial charge is 0.0471 e. The van der Waals surface area contributed by atoms with Gasteiger partial charge in [-0.05, 0) is 87.5 Å². The van der Waals surface area contributed by atoms with E-state index in [0.29, 0.717) is 17.9 Å². The van der Waals surface area contributed by atoms with E-state index in [1.807, 2.05) is 0 Å². The van der Waals surface area contributed by atoms with Crippen LogP contribution in [-0.4, -0.2) is 35.7 Å². The van der Waals surface area contributed by atoms with Crippen LogP contribution in [0.1, 0.15) is 51.9 Å². The number of hydrogen-bond donors (Lipinski definition) is 1. The Bertz CT molecular complexity index is 318. The highest BCUT2D eigenvalue weighted by atomic mass is 16.3. The summed E-state index contributed by atoms with van der Waals surface area (Å²) >= 11 is 0. The fraction of sp³-hybridized carbons (Fsp3) is 1.00. The average molecular weight is 263 g/mol. The summed E-state index contributed by atoms with van der Waals surface area (Å²) in [6.45, 7) is 5.28. The van der Waals surface area contributed by atoms with E-state index in [1.165, 1.54) is 32.2 Å². The van der Waals surface area contributed by atoms with E-state index < -0.39 is 0 Å². The zero-order valence-corrected chi connectivity index (χ0v) is 12.4. The molecule has 108 valence electrons. The van der Waals surface area contributed by atoms with Gasteiger partial charge >= 0.3 is 0 Å². The van der Waals surface area contributed by atoms with Crippen molar-refractivity contribution in [3.8, 4) is 0 Å². The summed E-state index contributed by atoms with van der Waals surface area (Å²) in [5.41, 5.74) is 0.652. The molecule has 0 spiro atoms. The summed E-state index contributed by atoms with van der Waals surface area (Å²) in [6.07, 6.45) is 10.4. The maximum absolute atomic E-state index is 9.37. The molecule has 5 fully saturated rings. The van der Waals surface area contributed by atoms with Crippen molar-refractivity contribution in [3.63, 3.8) is 0 Å². The maximum atomic E-state index is 9.37. The second-order valence-corrected chi connectivity index (χ2v) is 8.29. The Kier molecular flexibility index (Phi) is 2.97. The molecule has 0 radical (unpaired) electrons. The van der Waals surface area contributed by atoms with Crippen molar-refractivity contribution >= 4 is 0 Å². The molecule has 4 aliphatic carbocycles. The lowest BCUT2D eigenvalue weighted by atomic mass is 9.47. The molecule has 1 aliphatic heterocycles. The van der Waals surface area contributed by atoms with Gasteiger partial charge in [-0.25, -0.2) is 0 Å². The summed E-state index contributed by atoms with van der Waals surface area (Å²) in [5, 5.41) is 9.37. The van der Waals surface area contributed by atoms with Crippen LogP contribution in [0.4, 0.5) is 0 Å². The first-order valence-corrected chi connectivity index (χ1v) is 8.53. The zero-order valence-electron chi connectivity index (χ0n) is 12.4. The molecule has 0 aromatic rings. The number of aliphatic hydroxyl groups excluding tert-OH is 1. The minimum absolute atomic E-state index is 0.393. The van der Waals surface area contributed by atoms with Crippen molar-refractivity contribution in [2.75, 3.05) is 19.7 Å². The summed E-state index contributed by atoms with van der Waals surface area (Å²) in [4.78, 5) is 2.72. The Balaban J connectivity index is 1.52. The van der Waals surface area contributed by atoms with E-state index >= 15 is 0 Å². The van der Waals surface area contributed by atoms with Gasteiger partial charge in [-0.15, -0.1) is 0 Å². The molecule has 2 nitrogen and oxygen atoms in total. The highest BCUT2D eigenvalue weighted by Crippen LogP contribution is 2.62. The van der Waals surface area contributed by atoms with Gasteiger partial charge in [0, 0.05) is 19.2 Å². The van der Waals surface area contributed by atoms with Crippen LogP contribution in [0.5, 0.6) is 0 Å². The summed E-state index contributed by atoms with van der Waals surface area (Å²) < 4.78 is 0. The third-order valence-electron chi connectivity index (χ3n) is 7.10. The second kappa shape index (κ2) is 4.46. The minimum atomic E-state index is 0.393. The average Bonchev–Trinajstić information content (AvgIpc) is 2.84. The van der Waals surface area contributed by atoms with Crippen molar-refractivity contribution in [3.05, 3.63) is 0 Å². The van der Waals surface area contributed by atoms with Gasteiger partial charge in [0.25, 0.3) is 0 Å². The molecule has 1 saturated heterocycles. The molecule has 4 bridgehead atoms. The van der Waals surface area contributed by atoms with Crippen LogP contribution in [0.3, 0.4) is 0 Å². The molecule has 2 unspecified atom stereocenters. The van der Waals surface area contributed by atoms with Crippen LogP contribution >= 0.6 is 0 Å². The SMILES string of the molecule is CC(N1CCC(CO)C1)C12CC3CC(CC(C3)C1)C2. The number of rotatable bonds is 3. The van der Waals surface area contributed by atoms with Crippen LogP contribution in [0.25, 0.3) is 0 Å². The zero-order chi connectivity index (χ0) is 13.0. The monoisotopic (exact) mass is 263 g/mol. The Labute approximate surface area is 117 Å². The second-order valence-electron chi connectivity index (χ2n) is 8.29. The van der Waals surface area contributed by atoms with Crippen molar-refractivity contribution in [1.82, 2.24) is 4.90 Å². The van der Waals surface area contributed by atoms with Gasteiger partial charge in [0.1, 0.15) is 0 Å². The van der Waals surface area contributed by atoms with Crippen molar-refractivity contribution < 1.29 is 5.11 Å². The Hall–Kier alpha value is -0.0800. The van der Waals surface area contributed by atoms with Gasteiger partial charge in [0.05, 0.1) is 0 Å². The van der Waals surface area contributed by atoms with Crippen molar-refractivity contribution in [2.45, 2.75) is 57.9 Å². The lowest BCUT2D eigenvalue weighted by Crippen LogP contribution is -2.55. The van der Waals surface area contributed by atoms with Gasteiger partial charge in [-0.3, -0.25) is 4.90 Å². The number of aliphatic hydroxyl groups is 1. The first-order valence-electron chi connectivity index (χ1n) is 8.53. The molecule has 1 N–H and O–H groups in total. The predicted molar refractivity (Wildman–Crippen MR) is 76.8 cm³/mol. The number of likely N-dealkylation sites (tertiary alicyclic amines) is 1. The Morgan fingerprint density at radius 2 is 1.68 bits per heavy atom. The predicted octanol–water partition coefficient (Wildman–Crippen LogP) is 2.91. The largest absolute Gasteiger partial charge is 0.396 e. The molecule has 5 aliphatic rings. The molecule has 0 aromatic carbocycles. The fourth-order valence-electron chi connectivity index (χ4n) is 6.44. The number of nitrogens with zero attached hydrogens (tertiary/aromatic N) is 1. The molecular formula is C17H29NO. The first-order chi connectivity index (χ1) is 9.18. The van der Waals surface area contributed by atoms with E-state index in [2.05, 4.69) is 11.8 Å². The van der Waals surface area contributed by atoms with Gasteiger partial charge < -0.3 is 5.11 Å². The van der Waals surface area contributed by atoms with Crippen molar-refractivity contribution in [1.29, 1.82) is 0 Å². The van der Waals surface area contributed by atoms with E-state index in [9.17, 15) is 5.11 Å². The summed E-state index contributed by atoms with van der Waals surface area (Å²) in [5.74, 6) is 3.73. The maximum Gasteiger partial charge on any atom is 0.0471 e. The highest BCUT2D eigenvalue weighted by Gasteiger charge is 2.54. The van der Waals surface area contributed by atoms with Crippen molar-refractivity contribution in [2.24, 2.45) is 29.1 Å². The summed E-state index contributed by atoms with van der Waals surface area (Å²) in [6, 6.07) is 0.762. The summed E-state index contributed by atoms with van der Waals surface area (Å²) in [7, 11) is 0. The van der Waals surface area contributed by atoms with E-state index in [1.54, 1.807) is 19.3 Å². The van der Waals surface area contributed by atoms with Gasteiger partial charge in [0.15, 0.2) is 0 Å². The molecule has 5 rings (SSSR count). The van der Waals surface area contributed by atoms with Gasteiger partial charge in [0.2, 0.25) is 0 Å². The first kappa shape index (κ1) is 12.6. The minimum Gasteiger partial charge on any atom is -0.396 e. The van der Waals surface area contributed by atoms with Crippen LogP contribution < -0.4 is 0 Å². The molecule has 0 amide bonds. The molecule has 1 heterocycles. The molecule has 2 atom stereocenters. The normalized spacial score (nSPS) is 50.8. The van der Waals surface area contributed by atoms with E-state index in [0.717, 1.165) is 30.3 Å². The fourth-order valence-corrected chi connectivity index (χ4v) is 6.44. The quantitative estimate of drug-likeness (QED) is 0.846. The topological polar surface area (TPSA) is 23.5 Å².